The van der Waals surface area contributed by atoms with Gasteiger partial charge < -0.3 is 10.0 Å². The third-order valence-corrected chi connectivity index (χ3v) is 4.56. The van der Waals surface area contributed by atoms with Gasteiger partial charge in [0.15, 0.2) is 0 Å². The molecular weight excluding hydrogens is 260 g/mol. The average Bonchev–Trinajstić information content (AvgIpc) is 2.74. The molecule has 3 nitrogen and oxygen atoms in total. The van der Waals surface area contributed by atoms with Crippen molar-refractivity contribution in [1.82, 2.24) is 4.98 Å². The van der Waals surface area contributed by atoms with Crippen molar-refractivity contribution >= 4 is 5.82 Å². The average molecular weight is 290 g/mol. The molecule has 118 valence electrons. The highest BCUT2D eigenvalue weighted by atomic mass is 16.3. The maximum absolute atomic E-state index is 9.54. The molecule has 0 atom stereocenters. The van der Waals surface area contributed by atoms with E-state index in [1.165, 1.54) is 38.5 Å². The molecule has 0 saturated heterocycles. The number of aliphatic hydroxyl groups is 1. The summed E-state index contributed by atoms with van der Waals surface area (Å²) >= 11 is 0. The van der Waals surface area contributed by atoms with Crippen LogP contribution >= 0.6 is 0 Å². The Morgan fingerprint density at radius 1 is 1.14 bits per heavy atom. The van der Waals surface area contributed by atoms with Crippen molar-refractivity contribution in [1.29, 1.82) is 0 Å². The van der Waals surface area contributed by atoms with Crippen molar-refractivity contribution in [2.24, 2.45) is 0 Å². The third-order valence-electron chi connectivity index (χ3n) is 4.56. The molecule has 0 spiro atoms. The third kappa shape index (κ3) is 4.19. The van der Waals surface area contributed by atoms with Gasteiger partial charge in [0.25, 0.3) is 0 Å². The van der Waals surface area contributed by atoms with Gasteiger partial charge in [0, 0.05) is 24.2 Å². The summed E-state index contributed by atoms with van der Waals surface area (Å²) in [7, 11) is 2.16. The van der Waals surface area contributed by atoms with Crippen LogP contribution in [0.5, 0.6) is 0 Å². The van der Waals surface area contributed by atoms with Crippen molar-refractivity contribution in [3.8, 4) is 0 Å². The zero-order chi connectivity index (χ0) is 15.5. The minimum atomic E-state index is 0.00419. The van der Waals surface area contributed by atoms with Crippen LogP contribution in [0.15, 0.2) is 12.1 Å². The minimum Gasteiger partial charge on any atom is -0.392 e. The molecule has 2 rings (SSSR count). The van der Waals surface area contributed by atoms with Crippen LogP contribution in [-0.4, -0.2) is 23.2 Å². The van der Waals surface area contributed by atoms with E-state index in [1.54, 1.807) is 0 Å². The summed E-state index contributed by atoms with van der Waals surface area (Å²) in [5.74, 6) is 1.01. The van der Waals surface area contributed by atoms with E-state index >= 15 is 0 Å². The van der Waals surface area contributed by atoms with E-state index in [1.807, 2.05) is 12.1 Å². The number of aliphatic hydroxyl groups excluding tert-OH is 1. The van der Waals surface area contributed by atoms with Crippen molar-refractivity contribution in [3.63, 3.8) is 0 Å². The van der Waals surface area contributed by atoms with Gasteiger partial charge in [-0.1, -0.05) is 46.5 Å². The molecule has 0 aliphatic heterocycles. The smallest absolute Gasteiger partial charge is 0.129 e. The highest BCUT2D eigenvalue weighted by Gasteiger charge is 2.22. The Hall–Kier alpha value is -1.09. The number of rotatable bonds is 3. The van der Waals surface area contributed by atoms with Gasteiger partial charge in [0.1, 0.15) is 5.82 Å². The highest BCUT2D eigenvalue weighted by Crippen LogP contribution is 2.28. The van der Waals surface area contributed by atoms with Gasteiger partial charge in [-0.2, -0.15) is 0 Å². The standard InChI is InChI=1S/C18H30N2O/c1-18(2,3)16-11-14(13-21)12-17(19-16)20(4)15-9-7-5-6-8-10-15/h11-12,15,21H,5-10,13H2,1-4H3. The van der Waals surface area contributed by atoms with Gasteiger partial charge in [-0.3, -0.25) is 0 Å². The van der Waals surface area contributed by atoms with Crippen molar-refractivity contribution in [2.45, 2.75) is 77.4 Å². The van der Waals surface area contributed by atoms with Gasteiger partial charge in [-0.25, -0.2) is 4.98 Å². The number of hydrogen-bond donors (Lipinski definition) is 1. The van der Waals surface area contributed by atoms with Gasteiger partial charge >= 0.3 is 0 Å². The van der Waals surface area contributed by atoms with E-state index in [0.717, 1.165) is 17.1 Å². The van der Waals surface area contributed by atoms with Crippen LogP contribution in [0.4, 0.5) is 5.82 Å². The zero-order valence-corrected chi connectivity index (χ0v) is 14.0. The van der Waals surface area contributed by atoms with Gasteiger partial charge in [0.2, 0.25) is 0 Å². The van der Waals surface area contributed by atoms with E-state index in [4.69, 9.17) is 4.98 Å². The first kappa shape index (κ1) is 16.3. The summed E-state index contributed by atoms with van der Waals surface area (Å²) in [5.41, 5.74) is 2.03. The fourth-order valence-electron chi connectivity index (χ4n) is 3.06. The summed E-state index contributed by atoms with van der Waals surface area (Å²) in [6.07, 6.45) is 7.88. The zero-order valence-electron chi connectivity index (χ0n) is 14.0. The first-order chi connectivity index (χ1) is 9.91. The predicted octanol–water partition coefficient (Wildman–Crippen LogP) is 4.03. The second kappa shape index (κ2) is 6.78. The molecule has 1 aliphatic rings. The minimum absolute atomic E-state index is 0.00419. The van der Waals surface area contributed by atoms with E-state index in [0.29, 0.717) is 6.04 Å². The molecule has 1 aliphatic carbocycles. The SMILES string of the molecule is CN(c1cc(CO)cc(C(C)(C)C)n1)C1CCCCCC1. The van der Waals surface area contributed by atoms with E-state index in [2.05, 4.69) is 32.7 Å². The predicted molar refractivity (Wildman–Crippen MR) is 88.8 cm³/mol. The Morgan fingerprint density at radius 2 is 1.76 bits per heavy atom. The molecule has 3 heteroatoms. The number of hydrogen-bond acceptors (Lipinski definition) is 3. The summed E-state index contributed by atoms with van der Waals surface area (Å²) in [6.45, 7) is 6.60. The molecule has 1 N–H and O–H groups in total. The molecule has 1 saturated carbocycles. The van der Waals surface area contributed by atoms with Crippen molar-refractivity contribution in [2.75, 3.05) is 11.9 Å². The Balaban J connectivity index is 2.28. The van der Waals surface area contributed by atoms with Gasteiger partial charge in [-0.15, -0.1) is 0 Å². The van der Waals surface area contributed by atoms with Crippen LogP contribution in [0.2, 0.25) is 0 Å². The molecule has 1 aromatic rings. The first-order valence-corrected chi connectivity index (χ1v) is 8.27. The van der Waals surface area contributed by atoms with Crippen molar-refractivity contribution < 1.29 is 5.11 Å². The maximum atomic E-state index is 9.54. The maximum Gasteiger partial charge on any atom is 0.129 e. The second-order valence-corrected chi connectivity index (χ2v) is 7.38. The Bertz CT molecular complexity index is 457. The van der Waals surface area contributed by atoms with E-state index < -0.39 is 0 Å². The quantitative estimate of drug-likeness (QED) is 0.854. The van der Waals surface area contributed by atoms with Gasteiger partial charge in [0.05, 0.1) is 6.61 Å². The molecule has 0 radical (unpaired) electrons. The van der Waals surface area contributed by atoms with E-state index in [9.17, 15) is 5.11 Å². The molecular formula is C18H30N2O. The van der Waals surface area contributed by atoms with Crippen LogP contribution in [0.3, 0.4) is 0 Å². The Morgan fingerprint density at radius 3 is 2.29 bits per heavy atom. The lowest BCUT2D eigenvalue weighted by Crippen LogP contribution is -2.32. The highest BCUT2D eigenvalue weighted by molar-refractivity contribution is 5.44. The number of anilines is 1. The Kier molecular flexibility index (Phi) is 5.26. The molecule has 1 fully saturated rings. The molecule has 0 bridgehead atoms. The van der Waals surface area contributed by atoms with E-state index in [-0.39, 0.29) is 12.0 Å². The summed E-state index contributed by atoms with van der Waals surface area (Å²) in [6, 6.07) is 4.66. The molecule has 0 unspecified atom stereocenters. The lowest BCUT2D eigenvalue weighted by Gasteiger charge is -2.30. The topological polar surface area (TPSA) is 36.4 Å². The lowest BCUT2D eigenvalue weighted by molar-refractivity contribution is 0.281. The molecule has 1 aromatic heterocycles. The fourth-order valence-corrected chi connectivity index (χ4v) is 3.06. The number of nitrogens with zero attached hydrogens (tertiary/aromatic N) is 2. The molecule has 21 heavy (non-hydrogen) atoms. The lowest BCUT2D eigenvalue weighted by atomic mass is 9.90. The fraction of sp³-hybridized carbons (Fsp3) is 0.722. The summed E-state index contributed by atoms with van der Waals surface area (Å²) in [5, 5.41) is 9.54. The van der Waals surface area contributed by atoms with Crippen LogP contribution in [0, 0.1) is 0 Å². The molecule has 1 heterocycles. The van der Waals surface area contributed by atoms with Crippen LogP contribution in [0.25, 0.3) is 0 Å². The number of aromatic nitrogens is 1. The normalized spacial score (nSPS) is 17.6. The first-order valence-electron chi connectivity index (χ1n) is 8.27. The Labute approximate surface area is 129 Å². The van der Waals surface area contributed by atoms with Crippen LogP contribution < -0.4 is 4.90 Å². The van der Waals surface area contributed by atoms with Crippen LogP contribution in [0.1, 0.15) is 70.6 Å². The van der Waals surface area contributed by atoms with Crippen molar-refractivity contribution in [3.05, 3.63) is 23.4 Å². The van der Waals surface area contributed by atoms with Crippen LogP contribution in [-0.2, 0) is 12.0 Å². The number of pyridine rings is 1. The second-order valence-electron chi connectivity index (χ2n) is 7.38. The summed E-state index contributed by atoms with van der Waals surface area (Å²) in [4.78, 5) is 7.21. The monoisotopic (exact) mass is 290 g/mol. The summed E-state index contributed by atoms with van der Waals surface area (Å²) < 4.78 is 0. The molecule has 0 amide bonds. The van der Waals surface area contributed by atoms with Gasteiger partial charge in [-0.05, 0) is 30.5 Å². The largest absolute Gasteiger partial charge is 0.392 e. The molecule has 0 aromatic carbocycles.